The second kappa shape index (κ2) is 8.46. The number of sulfonamides is 1. The molecule has 0 radical (unpaired) electrons. The van der Waals surface area contributed by atoms with Crippen LogP contribution in [0.15, 0.2) is 53.4 Å². The summed E-state index contributed by atoms with van der Waals surface area (Å²) in [5.74, 6) is -0.0512. The van der Waals surface area contributed by atoms with E-state index >= 15 is 0 Å². The summed E-state index contributed by atoms with van der Waals surface area (Å²) in [5, 5.41) is 0.725. The monoisotopic (exact) mass is 432 g/mol. The Bertz CT molecular complexity index is 985. The minimum atomic E-state index is -3.46. The molecule has 29 heavy (non-hydrogen) atoms. The maximum Gasteiger partial charge on any atom is 0.254 e. The summed E-state index contributed by atoms with van der Waals surface area (Å²) in [7, 11) is -3.46. The van der Waals surface area contributed by atoms with Gasteiger partial charge in [-0.2, -0.15) is 4.31 Å². The van der Waals surface area contributed by atoms with E-state index in [-0.39, 0.29) is 16.8 Å². The second-order valence-electron chi connectivity index (χ2n) is 7.73. The second-order valence-corrected chi connectivity index (χ2v) is 10.1. The first-order chi connectivity index (χ1) is 14.0. The molecule has 1 amide bonds. The van der Waals surface area contributed by atoms with E-state index in [2.05, 4.69) is 0 Å². The largest absolute Gasteiger partial charge is 0.335 e. The van der Waals surface area contributed by atoms with Crippen LogP contribution < -0.4 is 0 Å². The zero-order valence-corrected chi connectivity index (χ0v) is 17.8. The molecular weight excluding hydrogens is 408 g/mol. The zero-order valence-electron chi connectivity index (χ0n) is 16.3. The first-order valence-corrected chi connectivity index (χ1v) is 11.9. The van der Waals surface area contributed by atoms with Crippen LogP contribution in [0.5, 0.6) is 0 Å². The molecule has 2 aliphatic rings. The van der Waals surface area contributed by atoms with Gasteiger partial charge in [0.2, 0.25) is 10.0 Å². The highest BCUT2D eigenvalue weighted by atomic mass is 35.5. The van der Waals surface area contributed by atoms with Gasteiger partial charge < -0.3 is 4.90 Å². The van der Waals surface area contributed by atoms with Crippen molar-refractivity contribution in [1.82, 2.24) is 9.21 Å². The number of carbonyl (C=O) groups excluding carboxylic acids is 1. The van der Waals surface area contributed by atoms with Crippen LogP contribution in [0.25, 0.3) is 0 Å². The molecule has 4 rings (SSSR count). The number of halogens is 1. The van der Waals surface area contributed by atoms with E-state index < -0.39 is 10.0 Å². The van der Waals surface area contributed by atoms with Gasteiger partial charge in [-0.25, -0.2) is 8.42 Å². The van der Waals surface area contributed by atoms with Crippen LogP contribution >= 0.6 is 11.6 Å². The van der Waals surface area contributed by atoms with Crippen LogP contribution in [0.4, 0.5) is 0 Å². The summed E-state index contributed by atoms with van der Waals surface area (Å²) in [6, 6.07) is 14.2. The Kier molecular flexibility index (Phi) is 5.95. The van der Waals surface area contributed by atoms with Gasteiger partial charge >= 0.3 is 0 Å². The topological polar surface area (TPSA) is 57.7 Å². The summed E-state index contributed by atoms with van der Waals surface area (Å²) >= 11 is 6.30. The molecule has 2 aromatic carbocycles. The van der Waals surface area contributed by atoms with Crippen molar-refractivity contribution in [3.8, 4) is 0 Å². The van der Waals surface area contributed by atoms with Crippen molar-refractivity contribution in [2.75, 3.05) is 19.6 Å². The third-order valence-corrected chi connectivity index (χ3v) is 8.14. The number of carbonyl (C=O) groups is 1. The first-order valence-electron chi connectivity index (χ1n) is 10.1. The minimum Gasteiger partial charge on any atom is -0.335 e. The highest BCUT2D eigenvalue weighted by Gasteiger charge is 2.31. The molecule has 0 saturated carbocycles. The molecule has 2 aromatic rings. The quantitative estimate of drug-likeness (QED) is 0.718. The van der Waals surface area contributed by atoms with E-state index in [1.807, 2.05) is 29.2 Å². The van der Waals surface area contributed by atoms with Gasteiger partial charge in [-0.05, 0) is 68.0 Å². The van der Waals surface area contributed by atoms with Gasteiger partial charge in [0.1, 0.15) is 0 Å². The van der Waals surface area contributed by atoms with Gasteiger partial charge in [0, 0.05) is 36.3 Å². The standard InChI is InChI=1S/C22H25ClN2O3S/c23-21-8-2-1-6-18(21)16-19-7-5-15-25(19)22(26)17-9-11-20(12-10-17)29(27,28)24-13-3-4-14-24/h1-2,6,8-12,19H,3-5,7,13-16H2. The number of rotatable bonds is 5. The van der Waals surface area contributed by atoms with Gasteiger partial charge in [0.05, 0.1) is 4.90 Å². The number of hydrogen-bond acceptors (Lipinski definition) is 3. The molecule has 0 aliphatic carbocycles. The smallest absolute Gasteiger partial charge is 0.254 e. The van der Waals surface area contributed by atoms with E-state index in [1.54, 1.807) is 24.3 Å². The fraction of sp³-hybridized carbons (Fsp3) is 0.409. The Morgan fingerprint density at radius 1 is 0.966 bits per heavy atom. The van der Waals surface area contributed by atoms with Crippen molar-refractivity contribution >= 4 is 27.5 Å². The molecule has 1 unspecified atom stereocenters. The SMILES string of the molecule is O=C(c1ccc(S(=O)(=O)N2CCCC2)cc1)N1CCCC1Cc1ccccc1Cl. The van der Waals surface area contributed by atoms with Gasteiger partial charge in [0.25, 0.3) is 5.91 Å². The normalized spacial score (nSPS) is 20.3. The molecule has 7 heteroatoms. The Labute approximate surface area is 177 Å². The van der Waals surface area contributed by atoms with Crippen molar-refractivity contribution in [3.63, 3.8) is 0 Å². The van der Waals surface area contributed by atoms with Crippen LogP contribution in [0, 0.1) is 0 Å². The molecule has 2 fully saturated rings. The molecule has 2 heterocycles. The van der Waals surface area contributed by atoms with E-state index in [9.17, 15) is 13.2 Å². The number of likely N-dealkylation sites (tertiary alicyclic amines) is 1. The van der Waals surface area contributed by atoms with Gasteiger partial charge in [0.15, 0.2) is 0 Å². The predicted octanol–water partition coefficient (Wildman–Crippen LogP) is 3.97. The van der Waals surface area contributed by atoms with Crippen molar-refractivity contribution < 1.29 is 13.2 Å². The lowest BCUT2D eigenvalue weighted by molar-refractivity contribution is 0.0736. The van der Waals surface area contributed by atoms with Crippen molar-refractivity contribution in [1.29, 1.82) is 0 Å². The average Bonchev–Trinajstić information content (AvgIpc) is 3.42. The highest BCUT2D eigenvalue weighted by molar-refractivity contribution is 7.89. The predicted molar refractivity (Wildman–Crippen MR) is 114 cm³/mol. The Morgan fingerprint density at radius 2 is 1.66 bits per heavy atom. The molecule has 2 aliphatic heterocycles. The number of amides is 1. The average molecular weight is 433 g/mol. The minimum absolute atomic E-state index is 0.0512. The Hall–Kier alpha value is -1.89. The molecule has 0 N–H and O–H groups in total. The summed E-state index contributed by atoms with van der Waals surface area (Å²) < 4.78 is 26.9. The van der Waals surface area contributed by atoms with Crippen molar-refractivity contribution in [2.45, 2.75) is 43.0 Å². The Morgan fingerprint density at radius 3 is 2.34 bits per heavy atom. The lowest BCUT2D eigenvalue weighted by Crippen LogP contribution is -2.37. The summed E-state index contributed by atoms with van der Waals surface area (Å²) in [4.78, 5) is 15.2. The molecular formula is C22H25ClN2O3S. The molecule has 0 spiro atoms. The number of benzene rings is 2. The van der Waals surface area contributed by atoms with Crippen molar-refractivity contribution in [2.24, 2.45) is 0 Å². The molecule has 0 bridgehead atoms. The van der Waals surface area contributed by atoms with Crippen LogP contribution in [0.3, 0.4) is 0 Å². The fourth-order valence-corrected chi connectivity index (χ4v) is 5.98. The first kappa shape index (κ1) is 20.4. The Balaban J connectivity index is 1.49. The highest BCUT2D eigenvalue weighted by Crippen LogP contribution is 2.27. The molecule has 2 saturated heterocycles. The van der Waals surface area contributed by atoms with Crippen LogP contribution in [0.1, 0.15) is 41.6 Å². The maximum atomic E-state index is 13.1. The van der Waals surface area contributed by atoms with Crippen molar-refractivity contribution in [3.05, 3.63) is 64.7 Å². The fourth-order valence-electron chi connectivity index (χ4n) is 4.25. The third-order valence-electron chi connectivity index (χ3n) is 5.86. The zero-order chi connectivity index (χ0) is 20.4. The van der Waals surface area contributed by atoms with E-state index in [1.165, 1.54) is 4.31 Å². The van der Waals surface area contributed by atoms with Gasteiger partial charge in [-0.3, -0.25) is 4.79 Å². The summed E-state index contributed by atoms with van der Waals surface area (Å²) in [6.07, 6.45) is 4.43. The lowest BCUT2D eigenvalue weighted by atomic mass is 10.0. The lowest BCUT2D eigenvalue weighted by Gasteiger charge is -2.25. The van der Waals surface area contributed by atoms with Crippen LogP contribution in [0.2, 0.25) is 5.02 Å². The molecule has 0 aromatic heterocycles. The van der Waals surface area contributed by atoms with E-state index in [0.717, 1.165) is 42.7 Å². The van der Waals surface area contributed by atoms with Crippen LogP contribution in [-0.4, -0.2) is 49.2 Å². The van der Waals surface area contributed by atoms with E-state index in [0.29, 0.717) is 25.2 Å². The number of hydrogen-bond donors (Lipinski definition) is 0. The number of nitrogens with zero attached hydrogens (tertiary/aromatic N) is 2. The van der Waals surface area contributed by atoms with E-state index in [4.69, 9.17) is 11.6 Å². The van der Waals surface area contributed by atoms with Gasteiger partial charge in [-0.15, -0.1) is 0 Å². The molecule has 1 atom stereocenters. The summed E-state index contributed by atoms with van der Waals surface area (Å²) in [6.45, 7) is 1.85. The van der Waals surface area contributed by atoms with Crippen LogP contribution in [-0.2, 0) is 16.4 Å². The molecule has 5 nitrogen and oxygen atoms in total. The molecule has 154 valence electrons. The maximum absolute atomic E-state index is 13.1. The third kappa shape index (κ3) is 4.20. The van der Waals surface area contributed by atoms with Gasteiger partial charge in [-0.1, -0.05) is 29.8 Å². The summed E-state index contributed by atoms with van der Waals surface area (Å²) in [5.41, 5.74) is 1.57.